The minimum absolute atomic E-state index is 0.0722. The van der Waals surface area contributed by atoms with Gasteiger partial charge in [0, 0.05) is 39.5 Å². The lowest BCUT2D eigenvalue weighted by molar-refractivity contribution is -0.115. The summed E-state index contributed by atoms with van der Waals surface area (Å²) in [5.74, 6) is -0.0722. The van der Waals surface area contributed by atoms with Gasteiger partial charge in [-0.15, -0.1) is 22.7 Å². The van der Waals surface area contributed by atoms with Crippen LogP contribution in [0.5, 0.6) is 0 Å². The standard InChI is InChI=1S/C20H15N3OS2/c24-19(11-15-13-26-20(22-15)14-5-3-9-21-12-14)23-17-7-2-1-6-16(17)18-8-4-10-25-18/h1-10,12-13H,11H2,(H,23,24). The quantitative estimate of drug-likeness (QED) is 0.525. The maximum absolute atomic E-state index is 12.5. The maximum Gasteiger partial charge on any atom is 0.230 e. The average Bonchev–Trinajstić information content (AvgIpc) is 3.35. The molecular formula is C20H15N3OS2. The summed E-state index contributed by atoms with van der Waals surface area (Å²) < 4.78 is 0. The van der Waals surface area contributed by atoms with Crippen LogP contribution in [0.4, 0.5) is 5.69 Å². The molecule has 4 rings (SSSR count). The Morgan fingerprint density at radius 3 is 2.77 bits per heavy atom. The molecular weight excluding hydrogens is 362 g/mol. The highest BCUT2D eigenvalue weighted by atomic mass is 32.1. The third-order valence-electron chi connectivity index (χ3n) is 3.79. The van der Waals surface area contributed by atoms with Gasteiger partial charge < -0.3 is 5.32 Å². The summed E-state index contributed by atoms with van der Waals surface area (Å²) >= 11 is 3.18. The topological polar surface area (TPSA) is 54.9 Å². The van der Waals surface area contributed by atoms with E-state index in [9.17, 15) is 4.79 Å². The molecule has 1 amide bonds. The average molecular weight is 377 g/mol. The predicted molar refractivity (Wildman–Crippen MR) is 107 cm³/mol. The molecule has 0 saturated heterocycles. The lowest BCUT2D eigenvalue weighted by Gasteiger charge is -2.09. The van der Waals surface area contributed by atoms with Crippen molar-refractivity contribution in [1.29, 1.82) is 0 Å². The number of carbonyl (C=O) groups is 1. The maximum atomic E-state index is 12.5. The van der Waals surface area contributed by atoms with Crippen LogP contribution in [0.25, 0.3) is 21.0 Å². The van der Waals surface area contributed by atoms with Crippen LogP contribution in [0.1, 0.15) is 5.69 Å². The molecule has 0 unspecified atom stereocenters. The second kappa shape index (κ2) is 7.59. The van der Waals surface area contributed by atoms with Gasteiger partial charge in [-0.05, 0) is 29.6 Å². The van der Waals surface area contributed by atoms with E-state index in [1.165, 1.54) is 11.3 Å². The molecule has 26 heavy (non-hydrogen) atoms. The van der Waals surface area contributed by atoms with Crippen LogP contribution in [-0.2, 0) is 11.2 Å². The lowest BCUT2D eigenvalue weighted by atomic mass is 10.1. The Morgan fingerprint density at radius 1 is 1.04 bits per heavy atom. The van der Waals surface area contributed by atoms with E-state index in [0.29, 0.717) is 0 Å². The SMILES string of the molecule is O=C(Cc1csc(-c2cccnc2)n1)Nc1ccccc1-c1cccs1. The summed E-state index contributed by atoms with van der Waals surface area (Å²) in [6.07, 6.45) is 3.76. The number of hydrogen-bond acceptors (Lipinski definition) is 5. The van der Waals surface area contributed by atoms with Gasteiger partial charge in [-0.3, -0.25) is 9.78 Å². The summed E-state index contributed by atoms with van der Waals surface area (Å²) in [7, 11) is 0. The van der Waals surface area contributed by atoms with Crippen molar-refractivity contribution >= 4 is 34.3 Å². The molecule has 0 bridgehead atoms. The third kappa shape index (κ3) is 3.71. The van der Waals surface area contributed by atoms with Crippen molar-refractivity contribution in [3.63, 3.8) is 0 Å². The zero-order valence-electron chi connectivity index (χ0n) is 13.8. The van der Waals surface area contributed by atoms with E-state index in [-0.39, 0.29) is 12.3 Å². The molecule has 0 radical (unpaired) electrons. The fourth-order valence-electron chi connectivity index (χ4n) is 2.61. The van der Waals surface area contributed by atoms with Crippen molar-refractivity contribution in [3.05, 3.63) is 77.4 Å². The Labute approximate surface area is 159 Å². The summed E-state index contributed by atoms with van der Waals surface area (Å²) in [5, 5.41) is 7.85. The Bertz CT molecular complexity index is 1010. The highest BCUT2D eigenvalue weighted by Gasteiger charge is 2.12. The first-order valence-corrected chi connectivity index (χ1v) is 9.83. The van der Waals surface area contributed by atoms with Crippen LogP contribution >= 0.6 is 22.7 Å². The molecule has 0 saturated carbocycles. The Hall–Kier alpha value is -2.83. The largest absolute Gasteiger partial charge is 0.325 e. The molecule has 0 aliphatic carbocycles. The number of para-hydroxylation sites is 1. The number of anilines is 1. The molecule has 3 heterocycles. The van der Waals surface area contributed by atoms with Crippen LogP contribution in [0.15, 0.2) is 71.7 Å². The molecule has 6 heteroatoms. The van der Waals surface area contributed by atoms with Crippen molar-refractivity contribution in [1.82, 2.24) is 9.97 Å². The number of hydrogen-bond donors (Lipinski definition) is 1. The van der Waals surface area contributed by atoms with Gasteiger partial charge in [-0.1, -0.05) is 24.3 Å². The number of pyridine rings is 1. The number of rotatable bonds is 5. The first kappa shape index (κ1) is 16.6. The molecule has 0 fully saturated rings. The van der Waals surface area contributed by atoms with Gasteiger partial charge in [-0.25, -0.2) is 4.98 Å². The van der Waals surface area contributed by atoms with E-state index in [0.717, 1.165) is 32.4 Å². The van der Waals surface area contributed by atoms with Gasteiger partial charge in [0.25, 0.3) is 0 Å². The van der Waals surface area contributed by atoms with E-state index in [1.54, 1.807) is 23.7 Å². The first-order chi connectivity index (χ1) is 12.8. The number of nitrogens with one attached hydrogen (secondary N) is 1. The Balaban J connectivity index is 1.48. The Kier molecular flexibility index (Phi) is 4.86. The first-order valence-electron chi connectivity index (χ1n) is 8.07. The third-order valence-corrected chi connectivity index (χ3v) is 5.63. The summed E-state index contributed by atoms with van der Waals surface area (Å²) in [6.45, 7) is 0. The van der Waals surface area contributed by atoms with Gasteiger partial charge in [0.2, 0.25) is 5.91 Å². The fraction of sp³-hybridized carbons (Fsp3) is 0.0500. The van der Waals surface area contributed by atoms with Crippen molar-refractivity contribution in [2.45, 2.75) is 6.42 Å². The van der Waals surface area contributed by atoms with Crippen LogP contribution in [0.3, 0.4) is 0 Å². The number of amides is 1. The van der Waals surface area contributed by atoms with Crippen molar-refractivity contribution in [2.24, 2.45) is 0 Å². The summed E-state index contributed by atoms with van der Waals surface area (Å²) in [5.41, 5.74) is 3.58. The highest BCUT2D eigenvalue weighted by molar-refractivity contribution is 7.13. The molecule has 3 aromatic heterocycles. The normalized spacial score (nSPS) is 10.6. The van der Waals surface area contributed by atoms with Gasteiger partial charge in [0.1, 0.15) is 5.01 Å². The molecule has 0 spiro atoms. The van der Waals surface area contributed by atoms with E-state index >= 15 is 0 Å². The van der Waals surface area contributed by atoms with Crippen molar-refractivity contribution in [2.75, 3.05) is 5.32 Å². The number of carbonyl (C=O) groups excluding carboxylic acids is 1. The molecule has 0 aliphatic rings. The highest BCUT2D eigenvalue weighted by Crippen LogP contribution is 2.31. The number of aromatic nitrogens is 2. The molecule has 1 N–H and O–H groups in total. The molecule has 4 nitrogen and oxygen atoms in total. The van der Waals surface area contributed by atoms with Gasteiger partial charge >= 0.3 is 0 Å². The van der Waals surface area contributed by atoms with Gasteiger partial charge in [-0.2, -0.15) is 0 Å². The van der Waals surface area contributed by atoms with E-state index in [4.69, 9.17) is 0 Å². The number of thiophene rings is 1. The lowest BCUT2D eigenvalue weighted by Crippen LogP contribution is -2.15. The van der Waals surface area contributed by atoms with Crippen LogP contribution < -0.4 is 5.32 Å². The second-order valence-electron chi connectivity index (χ2n) is 5.63. The number of nitrogens with zero attached hydrogens (tertiary/aromatic N) is 2. The minimum atomic E-state index is -0.0722. The summed E-state index contributed by atoms with van der Waals surface area (Å²) in [6, 6.07) is 15.8. The smallest absolute Gasteiger partial charge is 0.230 e. The zero-order valence-corrected chi connectivity index (χ0v) is 15.4. The molecule has 0 atom stereocenters. The predicted octanol–water partition coefficient (Wildman–Crippen LogP) is 5.11. The van der Waals surface area contributed by atoms with Crippen molar-refractivity contribution < 1.29 is 4.79 Å². The zero-order chi connectivity index (χ0) is 17.8. The number of benzene rings is 1. The van der Waals surface area contributed by atoms with Crippen molar-refractivity contribution in [3.8, 4) is 21.0 Å². The number of thiazole rings is 1. The van der Waals surface area contributed by atoms with Crippen LogP contribution in [0, 0.1) is 0 Å². The van der Waals surface area contributed by atoms with Gasteiger partial charge in [0.15, 0.2) is 0 Å². The molecule has 128 valence electrons. The molecule has 0 aliphatic heterocycles. The summed E-state index contributed by atoms with van der Waals surface area (Å²) in [4.78, 5) is 22.3. The van der Waals surface area contributed by atoms with E-state index in [2.05, 4.69) is 21.4 Å². The monoisotopic (exact) mass is 377 g/mol. The Morgan fingerprint density at radius 2 is 1.96 bits per heavy atom. The fourth-order valence-corrected chi connectivity index (χ4v) is 4.18. The second-order valence-corrected chi connectivity index (χ2v) is 7.44. The van der Waals surface area contributed by atoms with Crippen LogP contribution in [0.2, 0.25) is 0 Å². The van der Waals surface area contributed by atoms with Crippen LogP contribution in [-0.4, -0.2) is 15.9 Å². The van der Waals surface area contributed by atoms with E-state index in [1.807, 2.05) is 53.2 Å². The molecule has 4 aromatic rings. The minimum Gasteiger partial charge on any atom is -0.325 e. The van der Waals surface area contributed by atoms with Gasteiger partial charge in [0.05, 0.1) is 12.1 Å². The molecule has 1 aromatic carbocycles. The van der Waals surface area contributed by atoms with E-state index < -0.39 is 0 Å².